The minimum absolute atomic E-state index is 0.114. The number of anilines is 1. The van der Waals surface area contributed by atoms with E-state index in [1.165, 1.54) is 40.3 Å². The lowest BCUT2D eigenvalue weighted by Gasteiger charge is -2.27. The molecule has 16 nitrogen and oxygen atoms in total. The third-order valence-corrected chi connectivity index (χ3v) is 10.6. The Morgan fingerprint density at radius 1 is 1.12 bits per heavy atom. The van der Waals surface area contributed by atoms with Crippen LogP contribution in [0.3, 0.4) is 0 Å². The van der Waals surface area contributed by atoms with Gasteiger partial charge in [-0.05, 0) is 17.9 Å². The maximum atomic E-state index is 16.0. The van der Waals surface area contributed by atoms with E-state index in [0.29, 0.717) is 16.7 Å². The van der Waals surface area contributed by atoms with Gasteiger partial charge in [0.05, 0.1) is 31.2 Å². The number of hydrogen-bond donors (Lipinski definition) is 3. The Balaban J connectivity index is 1.17. The van der Waals surface area contributed by atoms with Crippen LogP contribution in [0.2, 0.25) is 0 Å². The molecule has 7 rings (SSSR count). The lowest BCUT2D eigenvalue weighted by Crippen LogP contribution is -2.34. The van der Waals surface area contributed by atoms with E-state index < -0.39 is 63.2 Å². The highest BCUT2D eigenvalue weighted by Gasteiger charge is 2.52. The van der Waals surface area contributed by atoms with Gasteiger partial charge in [-0.1, -0.05) is 12.2 Å². The highest BCUT2D eigenvalue weighted by atomic mass is 32.7. The number of fused-ring (bicyclic) bond motifs is 5. The standard InChI is InChI=1S/C22H24FN7O9P2S2/c23-15-17-14(37-22(15)29-4-2-11-12(31)1-3-25-19(11)29)7-35-40(32,42)38-13-5-10(6-34-41(33,43)39-17)36-21(13)30-9-28-16-18(24)26-8-27-20(16)30/h2-4,8-10,13-15,17,21-22H,1,5-7H2,(H,32,42)(H,33,43)(H2,24,26,27)/t10-,13+,14+,15-,17+,21+,22+,40?,41?/m0/s1. The van der Waals surface area contributed by atoms with Crippen LogP contribution in [0.5, 0.6) is 0 Å². The summed E-state index contributed by atoms with van der Waals surface area (Å²) in [5, 5.41) is 0. The average Bonchev–Trinajstić information content (AvgIpc) is 3.72. The van der Waals surface area contributed by atoms with Gasteiger partial charge in [0, 0.05) is 25.3 Å². The van der Waals surface area contributed by atoms with Gasteiger partial charge in [-0.15, -0.1) is 0 Å². The number of thiol groups is 1. The first-order chi connectivity index (χ1) is 20.5. The van der Waals surface area contributed by atoms with Crippen molar-refractivity contribution in [3.05, 3.63) is 30.5 Å². The summed E-state index contributed by atoms with van der Waals surface area (Å²) in [5.41, 5.74) is 6.88. The zero-order valence-electron chi connectivity index (χ0n) is 21.9. The van der Waals surface area contributed by atoms with Crippen molar-refractivity contribution in [2.45, 2.75) is 55.9 Å². The minimum atomic E-state index is -4.15. The summed E-state index contributed by atoms with van der Waals surface area (Å²) in [6.45, 7) is -9.03. The van der Waals surface area contributed by atoms with Gasteiger partial charge < -0.3 is 29.2 Å². The fraction of sp³-hybridized carbons (Fsp3) is 0.500. The van der Waals surface area contributed by atoms with Crippen molar-refractivity contribution >= 4 is 72.4 Å². The molecule has 43 heavy (non-hydrogen) atoms. The lowest BCUT2D eigenvalue weighted by atomic mass is 10.1. The molecule has 4 aliphatic rings. The molecule has 230 valence electrons. The van der Waals surface area contributed by atoms with E-state index in [4.69, 9.17) is 45.1 Å². The Bertz CT molecular complexity index is 1720. The Morgan fingerprint density at radius 2 is 1.95 bits per heavy atom. The number of nitrogens with zero attached hydrogens (tertiary/aromatic N) is 6. The van der Waals surface area contributed by atoms with Crippen LogP contribution in [0, 0.1) is 0 Å². The SMILES string of the molecule is Nc1ncnc2c1ncn2[C@@H]1O[C@@H]2COP(O)(=S)O[C@H]3[C@H](F)[C@H](n4ccc5c4N=CCC5=O)O[C@@H]3COP(=O)(S)O[C@@H]1C2. The van der Waals surface area contributed by atoms with Crippen LogP contribution in [-0.4, -0.2) is 84.8 Å². The number of hydrogen-bond acceptors (Lipinski definition) is 14. The molecular formula is C22H24FN7O9P2S2. The number of Topliss-reactive ketones (excluding diaryl/α,β-unsaturated/α-hetero) is 1. The summed E-state index contributed by atoms with van der Waals surface area (Å²) in [6.07, 6.45) is -2.83. The van der Waals surface area contributed by atoms with Crippen LogP contribution in [0.4, 0.5) is 16.0 Å². The number of halogens is 1. The van der Waals surface area contributed by atoms with Crippen LogP contribution in [0.15, 0.2) is 29.9 Å². The number of nitrogen functional groups attached to an aromatic ring is 1. The van der Waals surface area contributed by atoms with Crippen molar-refractivity contribution in [2.24, 2.45) is 4.99 Å². The predicted molar refractivity (Wildman–Crippen MR) is 153 cm³/mol. The van der Waals surface area contributed by atoms with Gasteiger partial charge in [0.25, 0.3) is 0 Å². The van der Waals surface area contributed by atoms with E-state index in [2.05, 4.69) is 32.2 Å². The van der Waals surface area contributed by atoms with Gasteiger partial charge in [0.1, 0.15) is 36.0 Å². The summed E-state index contributed by atoms with van der Waals surface area (Å²) < 4.78 is 66.9. The molecule has 9 atom stereocenters. The lowest BCUT2D eigenvalue weighted by molar-refractivity contribution is -0.0577. The number of rotatable bonds is 2. The van der Waals surface area contributed by atoms with Crippen molar-refractivity contribution in [2.75, 3.05) is 18.9 Å². The molecule has 0 radical (unpaired) electrons. The molecule has 3 N–H and O–H groups in total. The topological polar surface area (TPSA) is 197 Å². The monoisotopic (exact) mass is 675 g/mol. The molecule has 0 spiro atoms. The third kappa shape index (κ3) is 5.50. The zero-order valence-corrected chi connectivity index (χ0v) is 25.4. The van der Waals surface area contributed by atoms with Gasteiger partial charge in [-0.3, -0.25) is 22.9 Å². The molecule has 2 bridgehead atoms. The molecule has 0 aliphatic carbocycles. The van der Waals surface area contributed by atoms with E-state index in [1.807, 2.05) is 0 Å². The van der Waals surface area contributed by atoms with Crippen molar-refractivity contribution in [3.8, 4) is 0 Å². The van der Waals surface area contributed by atoms with Crippen LogP contribution in [0.25, 0.3) is 11.2 Å². The quantitative estimate of drug-likeness (QED) is 0.265. The molecule has 2 unspecified atom stereocenters. The van der Waals surface area contributed by atoms with E-state index in [1.54, 1.807) is 0 Å². The summed E-state index contributed by atoms with van der Waals surface area (Å²) in [4.78, 5) is 39.8. The number of nitrogens with two attached hydrogens (primary N) is 1. The normalized spacial score (nSPS) is 38.3. The fourth-order valence-electron chi connectivity index (χ4n) is 5.45. The highest BCUT2D eigenvalue weighted by Crippen LogP contribution is 2.58. The van der Waals surface area contributed by atoms with E-state index in [0.717, 1.165) is 0 Å². The molecule has 7 heterocycles. The number of ether oxygens (including phenoxy) is 2. The maximum absolute atomic E-state index is 16.0. The van der Waals surface area contributed by atoms with E-state index >= 15 is 4.39 Å². The first-order valence-corrected chi connectivity index (χ1v) is 18.2. The van der Waals surface area contributed by atoms with Crippen molar-refractivity contribution in [1.82, 2.24) is 24.1 Å². The number of carbonyl (C=O) groups is 1. The number of carbonyl (C=O) groups excluding carboxylic acids is 1. The smallest absolute Gasteiger partial charge is 0.382 e. The highest BCUT2D eigenvalue weighted by molar-refractivity contribution is 8.44. The van der Waals surface area contributed by atoms with Crippen molar-refractivity contribution in [3.63, 3.8) is 0 Å². The van der Waals surface area contributed by atoms with Crippen LogP contribution in [-0.2, 0) is 43.9 Å². The van der Waals surface area contributed by atoms with Crippen LogP contribution < -0.4 is 5.73 Å². The Labute approximate surface area is 252 Å². The summed E-state index contributed by atoms with van der Waals surface area (Å²) in [6, 6.07) is 1.52. The number of imidazole rings is 1. The van der Waals surface area contributed by atoms with Gasteiger partial charge in [0.2, 0.25) is 0 Å². The summed E-state index contributed by atoms with van der Waals surface area (Å²) in [5.74, 6) is 0.179. The number of aromatic nitrogens is 5. The van der Waals surface area contributed by atoms with Crippen LogP contribution >= 0.6 is 25.8 Å². The van der Waals surface area contributed by atoms with Crippen LogP contribution in [0.1, 0.15) is 35.7 Å². The Kier molecular flexibility index (Phi) is 7.58. The molecular weight excluding hydrogens is 651 g/mol. The maximum Gasteiger partial charge on any atom is 0.386 e. The van der Waals surface area contributed by atoms with Gasteiger partial charge in [-0.2, -0.15) is 0 Å². The Morgan fingerprint density at radius 3 is 2.79 bits per heavy atom. The molecule has 21 heteroatoms. The first kappa shape index (κ1) is 29.6. The predicted octanol–water partition coefficient (Wildman–Crippen LogP) is 2.79. The number of aliphatic imine (C=N–C) groups is 1. The molecule has 3 aromatic heterocycles. The van der Waals surface area contributed by atoms with E-state index in [-0.39, 0.29) is 36.9 Å². The molecule has 0 amide bonds. The fourth-order valence-corrected chi connectivity index (χ4v) is 8.40. The second-order valence-corrected chi connectivity index (χ2v) is 15.8. The van der Waals surface area contributed by atoms with Gasteiger partial charge in [0.15, 0.2) is 35.9 Å². The van der Waals surface area contributed by atoms with Gasteiger partial charge >= 0.3 is 13.5 Å². The summed E-state index contributed by atoms with van der Waals surface area (Å²) >= 11 is 9.36. The molecule has 3 aromatic rings. The molecule has 4 aliphatic heterocycles. The molecule has 3 saturated heterocycles. The Hall–Kier alpha value is -2.15. The summed E-state index contributed by atoms with van der Waals surface area (Å²) in [7, 11) is 0. The van der Waals surface area contributed by atoms with Crippen molar-refractivity contribution in [1.29, 1.82) is 0 Å². The second-order valence-electron chi connectivity index (χ2n) is 10.1. The third-order valence-electron chi connectivity index (χ3n) is 7.37. The first-order valence-electron chi connectivity index (χ1n) is 13.0. The van der Waals surface area contributed by atoms with Crippen molar-refractivity contribution < 1.29 is 46.2 Å². The van der Waals surface area contributed by atoms with Gasteiger partial charge in [-0.25, -0.2) is 28.9 Å². The molecule has 0 saturated carbocycles. The average molecular weight is 676 g/mol. The second kappa shape index (κ2) is 11.0. The minimum Gasteiger partial charge on any atom is -0.382 e. The van der Waals surface area contributed by atoms with E-state index in [9.17, 15) is 14.3 Å². The largest absolute Gasteiger partial charge is 0.386 e. The molecule has 0 aromatic carbocycles. The number of alkyl halides is 1. The zero-order chi connectivity index (χ0) is 30.1. The number of ketones is 1. The molecule has 3 fully saturated rings.